The van der Waals surface area contributed by atoms with Crippen LogP contribution in [-0.2, 0) is 4.79 Å². The summed E-state index contributed by atoms with van der Waals surface area (Å²) < 4.78 is 0. The van der Waals surface area contributed by atoms with Gasteiger partial charge >= 0.3 is 0 Å². The molecule has 1 amide bonds. The fraction of sp³-hybridized carbons (Fsp3) is 0.929. The Labute approximate surface area is 114 Å². The average Bonchev–Trinajstić information content (AvgIpc) is 2.35. The molecule has 1 rings (SSSR count). The second-order valence-electron chi connectivity index (χ2n) is 5.03. The molecule has 0 aromatic heterocycles. The molecule has 0 aromatic carbocycles. The van der Waals surface area contributed by atoms with Gasteiger partial charge in [-0.3, -0.25) is 4.79 Å². The van der Waals surface area contributed by atoms with Crippen LogP contribution >= 0.6 is 15.9 Å². The quantitative estimate of drug-likeness (QED) is 0.512. The zero-order chi connectivity index (χ0) is 12.5. The Morgan fingerprint density at radius 3 is 2.82 bits per heavy atom. The average molecular weight is 304 g/mol. The molecule has 17 heavy (non-hydrogen) atoms. The number of piperidine rings is 1. The van der Waals surface area contributed by atoms with Crippen molar-refractivity contribution >= 4 is 21.8 Å². The lowest BCUT2D eigenvalue weighted by atomic mass is 9.99. The maximum absolute atomic E-state index is 12.2. The predicted molar refractivity (Wildman–Crippen MR) is 76.5 cm³/mol. The van der Waals surface area contributed by atoms with Crippen LogP contribution in [0.15, 0.2) is 0 Å². The molecule has 1 aliphatic heterocycles. The molecule has 1 saturated heterocycles. The van der Waals surface area contributed by atoms with Gasteiger partial charge in [0.05, 0.1) is 0 Å². The van der Waals surface area contributed by atoms with Crippen molar-refractivity contribution in [2.75, 3.05) is 11.9 Å². The summed E-state index contributed by atoms with van der Waals surface area (Å²) in [5, 5.41) is 1.01. The molecule has 1 heterocycles. The van der Waals surface area contributed by atoms with E-state index in [0.717, 1.165) is 31.1 Å². The number of rotatable bonds is 7. The summed E-state index contributed by atoms with van der Waals surface area (Å²) in [7, 11) is 0. The summed E-state index contributed by atoms with van der Waals surface area (Å²) in [6.45, 7) is 3.20. The Balaban J connectivity index is 2.31. The van der Waals surface area contributed by atoms with Gasteiger partial charge in [-0.15, -0.1) is 0 Å². The van der Waals surface area contributed by atoms with Crippen molar-refractivity contribution in [3.05, 3.63) is 0 Å². The number of hydrogen-bond acceptors (Lipinski definition) is 1. The number of nitrogens with zero attached hydrogens (tertiary/aromatic N) is 1. The summed E-state index contributed by atoms with van der Waals surface area (Å²) in [4.78, 5) is 14.3. The van der Waals surface area contributed by atoms with Crippen molar-refractivity contribution in [2.45, 2.75) is 70.8 Å². The zero-order valence-electron chi connectivity index (χ0n) is 11.1. The highest BCUT2D eigenvalue weighted by molar-refractivity contribution is 9.09. The molecule has 1 aliphatic rings. The highest BCUT2D eigenvalue weighted by Crippen LogP contribution is 2.21. The molecule has 0 aromatic rings. The number of hydrogen-bond donors (Lipinski definition) is 0. The molecular formula is C14H26BrNO. The second kappa shape index (κ2) is 8.96. The summed E-state index contributed by atoms with van der Waals surface area (Å²) >= 11 is 3.50. The first kappa shape index (κ1) is 15.0. The molecule has 0 radical (unpaired) electrons. The molecule has 0 bridgehead atoms. The van der Waals surface area contributed by atoms with Crippen molar-refractivity contribution in [1.29, 1.82) is 0 Å². The van der Waals surface area contributed by atoms with Gasteiger partial charge in [-0.2, -0.15) is 0 Å². The lowest BCUT2D eigenvalue weighted by Gasteiger charge is -2.35. The lowest BCUT2D eigenvalue weighted by Crippen LogP contribution is -2.43. The van der Waals surface area contributed by atoms with Crippen LogP contribution in [0.1, 0.15) is 64.7 Å². The highest BCUT2D eigenvalue weighted by atomic mass is 79.9. The van der Waals surface area contributed by atoms with Gasteiger partial charge in [0.1, 0.15) is 0 Å². The normalized spacial score (nSPS) is 20.6. The van der Waals surface area contributed by atoms with Gasteiger partial charge in [-0.25, -0.2) is 0 Å². The number of alkyl halides is 1. The van der Waals surface area contributed by atoms with Crippen LogP contribution in [-0.4, -0.2) is 28.7 Å². The first-order chi connectivity index (χ1) is 8.29. The van der Waals surface area contributed by atoms with E-state index in [-0.39, 0.29) is 0 Å². The number of amides is 1. The van der Waals surface area contributed by atoms with Crippen molar-refractivity contribution in [3.63, 3.8) is 0 Å². The minimum atomic E-state index is 0.395. The highest BCUT2D eigenvalue weighted by Gasteiger charge is 2.25. The smallest absolute Gasteiger partial charge is 0.222 e. The largest absolute Gasteiger partial charge is 0.340 e. The van der Waals surface area contributed by atoms with E-state index in [0.29, 0.717) is 11.9 Å². The van der Waals surface area contributed by atoms with Gasteiger partial charge in [0, 0.05) is 24.3 Å². The van der Waals surface area contributed by atoms with Crippen LogP contribution in [0.5, 0.6) is 0 Å². The van der Waals surface area contributed by atoms with Crippen molar-refractivity contribution in [2.24, 2.45) is 0 Å². The van der Waals surface area contributed by atoms with Crippen LogP contribution in [0.3, 0.4) is 0 Å². The van der Waals surface area contributed by atoms with Crippen molar-refractivity contribution < 1.29 is 4.79 Å². The molecule has 0 saturated carbocycles. The molecule has 1 fully saturated rings. The van der Waals surface area contributed by atoms with Gasteiger partial charge in [-0.1, -0.05) is 42.1 Å². The summed E-state index contributed by atoms with van der Waals surface area (Å²) in [6, 6.07) is 0.502. The lowest BCUT2D eigenvalue weighted by molar-refractivity contribution is -0.135. The number of carbonyl (C=O) groups is 1. The maximum atomic E-state index is 12.2. The van der Waals surface area contributed by atoms with E-state index in [1.807, 2.05) is 0 Å². The van der Waals surface area contributed by atoms with Gasteiger partial charge < -0.3 is 4.90 Å². The van der Waals surface area contributed by atoms with Gasteiger partial charge in [0.15, 0.2) is 0 Å². The Bertz CT molecular complexity index is 218. The van der Waals surface area contributed by atoms with E-state index in [2.05, 4.69) is 27.8 Å². The summed E-state index contributed by atoms with van der Waals surface area (Å²) in [5.74, 6) is 0.395. The standard InChI is InChI=1S/C14H26BrNO/c1-2-3-4-5-9-14(17)16-12-7-6-8-13(16)10-11-15/h13H,2-12H2,1H3. The fourth-order valence-electron chi connectivity index (χ4n) is 2.60. The van der Waals surface area contributed by atoms with E-state index < -0.39 is 0 Å². The summed E-state index contributed by atoms with van der Waals surface area (Å²) in [6.07, 6.45) is 10.3. The Hall–Kier alpha value is -0.0500. The van der Waals surface area contributed by atoms with Crippen LogP contribution < -0.4 is 0 Å². The molecular weight excluding hydrogens is 278 g/mol. The number of carbonyl (C=O) groups excluding carboxylic acids is 1. The van der Waals surface area contributed by atoms with Crippen molar-refractivity contribution in [3.8, 4) is 0 Å². The monoisotopic (exact) mass is 303 g/mol. The molecule has 2 nitrogen and oxygen atoms in total. The number of likely N-dealkylation sites (tertiary alicyclic amines) is 1. The minimum Gasteiger partial charge on any atom is -0.340 e. The predicted octanol–water partition coefficient (Wildman–Crippen LogP) is 4.12. The topological polar surface area (TPSA) is 20.3 Å². The molecule has 0 N–H and O–H groups in total. The molecule has 1 atom stereocenters. The van der Waals surface area contributed by atoms with E-state index >= 15 is 0 Å². The van der Waals surface area contributed by atoms with Gasteiger partial charge in [0.2, 0.25) is 5.91 Å². The number of unbranched alkanes of at least 4 members (excludes halogenated alkanes) is 3. The minimum absolute atomic E-state index is 0.395. The van der Waals surface area contributed by atoms with Crippen molar-refractivity contribution in [1.82, 2.24) is 4.90 Å². The van der Waals surface area contributed by atoms with Crippen LogP contribution in [0.25, 0.3) is 0 Å². The number of halogens is 1. The third-order valence-electron chi connectivity index (χ3n) is 3.63. The zero-order valence-corrected chi connectivity index (χ0v) is 12.7. The van der Waals surface area contributed by atoms with Crippen LogP contribution in [0, 0.1) is 0 Å². The first-order valence-electron chi connectivity index (χ1n) is 7.15. The van der Waals surface area contributed by atoms with E-state index in [1.54, 1.807) is 0 Å². The maximum Gasteiger partial charge on any atom is 0.222 e. The summed E-state index contributed by atoms with van der Waals surface area (Å²) in [5.41, 5.74) is 0. The van der Waals surface area contributed by atoms with Gasteiger partial charge in [-0.05, 0) is 32.1 Å². The Kier molecular flexibility index (Phi) is 7.91. The van der Waals surface area contributed by atoms with Crippen LogP contribution in [0.4, 0.5) is 0 Å². The molecule has 0 aliphatic carbocycles. The fourth-order valence-corrected chi connectivity index (χ4v) is 3.13. The molecule has 0 spiro atoms. The van der Waals surface area contributed by atoms with E-state index in [4.69, 9.17) is 0 Å². The Morgan fingerprint density at radius 2 is 2.12 bits per heavy atom. The van der Waals surface area contributed by atoms with E-state index in [9.17, 15) is 4.79 Å². The SMILES string of the molecule is CCCCCCC(=O)N1CCCCC1CCBr. The molecule has 100 valence electrons. The first-order valence-corrected chi connectivity index (χ1v) is 8.27. The van der Waals surface area contributed by atoms with Gasteiger partial charge in [0.25, 0.3) is 0 Å². The third-order valence-corrected chi connectivity index (χ3v) is 4.09. The Morgan fingerprint density at radius 1 is 1.29 bits per heavy atom. The third kappa shape index (κ3) is 5.41. The van der Waals surface area contributed by atoms with E-state index in [1.165, 1.54) is 38.5 Å². The second-order valence-corrected chi connectivity index (χ2v) is 5.82. The molecule has 1 unspecified atom stereocenters. The van der Waals surface area contributed by atoms with Crippen LogP contribution in [0.2, 0.25) is 0 Å². The molecule has 3 heteroatoms.